The van der Waals surface area contributed by atoms with E-state index in [2.05, 4.69) is 45.6 Å². The number of hydrogen-bond acceptors (Lipinski definition) is 4. The van der Waals surface area contributed by atoms with Crippen LogP contribution in [0.5, 0.6) is 0 Å². The summed E-state index contributed by atoms with van der Waals surface area (Å²) < 4.78 is 2.02. The second-order valence-electron chi connectivity index (χ2n) is 8.76. The predicted octanol–water partition coefficient (Wildman–Crippen LogP) is 2.01. The van der Waals surface area contributed by atoms with Crippen LogP contribution in [0.3, 0.4) is 0 Å². The summed E-state index contributed by atoms with van der Waals surface area (Å²) in [7, 11) is 0. The normalized spacial score (nSPS) is 19.4. The van der Waals surface area contributed by atoms with Crippen molar-refractivity contribution in [1.82, 2.24) is 25.2 Å². The Morgan fingerprint density at radius 3 is 2.59 bits per heavy atom. The number of benzene rings is 1. The van der Waals surface area contributed by atoms with Gasteiger partial charge in [0.2, 0.25) is 5.82 Å². The minimum absolute atomic E-state index is 0.0171. The molecule has 5 rings (SSSR count). The molecule has 0 spiro atoms. The van der Waals surface area contributed by atoms with Crippen LogP contribution in [0, 0.1) is 13.8 Å². The number of pyridine rings is 1. The van der Waals surface area contributed by atoms with E-state index in [4.69, 9.17) is 0 Å². The first kappa shape index (κ1) is 18.5. The number of aromatic amines is 1. The van der Waals surface area contributed by atoms with E-state index >= 15 is 0 Å². The van der Waals surface area contributed by atoms with E-state index < -0.39 is 0 Å². The summed E-state index contributed by atoms with van der Waals surface area (Å²) in [5.74, 6) is 0.851. The lowest BCUT2D eigenvalue weighted by atomic mass is 9.99. The fourth-order valence-corrected chi connectivity index (χ4v) is 5.26. The van der Waals surface area contributed by atoms with Crippen LogP contribution in [-0.2, 0) is 0 Å². The van der Waals surface area contributed by atoms with Crippen molar-refractivity contribution in [2.75, 3.05) is 13.1 Å². The topological polar surface area (TPSA) is 80.9 Å². The molecule has 3 heterocycles. The van der Waals surface area contributed by atoms with Crippen LogP contribution in [0.2, 0.25) is 0 Å². The molecule has 1 aromatic carbocycles. The molecule has 0 bridgehead atoms. The van der Waals surface area contributed by atoms with Crippen molar-refractivity contribution in [2.45, 2.75) is 64.5 Å². The summed E-state index contributed by atoms with van der Waals surface area (Å²) in [4.78, 5) is 17.8. The van der Waals surface area contributed by atoms with Crippen LogP contribution in [0.4, 0.5) is 0 Å². The second kappa shape index (κ2) is 7.37. The molecule has 29 heavy (non-hydrogen) atoms. The van der Waals surface area contributed by atoms with Crippen molar-refractivity contribution in [3.8, 4) is 0 Å². The van der Waals surface area contributed by atoms with Crippen molar-refractivity contribution in [3.63, 3.8) is 0 Å². The van der Waals surface area contributed by atoms with Crippen molar-refractivity contribution in [2.24, 2.45) is 0 Å². The first-order chi connectivity index (χ1) is 14.1. The molecule has 1 atom stereocenters. The van der Waals surface area contributed by atoms with Gasteiger partial charge in [0.25, 0.3) is 5.56 Å². The third-order valence-corrected chi connectivity index (χ3v) is 6.88. The molecule has 2 fully saturated rings. The van der Waals surface area contributed by atoms with Crippen LogP contribution in [-0.4, -0.2) is 38.3 Å². The maximum Gasteiger partial charge on any atom is 0.258 e. The first-order valence-electron chi connectivity index (χ1n) is 10.9. The molecule has 1 saturated heterocycles. The van der Waals surface area contributed by atoms with Crippen LogP contribution in [0.25, 0.3) is 10.9 Å². The summed E-state index contributed by atoms with van der Waals surface area (Å²) in [6.07, 6.45) is 7.04. The number of rotatable bonds is 4. The molecular formula is C22H29N6O+. The number of H-pyrrole nitrogens is 1. The molecule has 1 aliphatic carbocycles. The largest absolute Gasteiger partial charge is 0.322 e. The molecule has 2 N–H and O–H groups in total. The fourth-order valence-electron chi connectivity index (χ4n) is 5.26. The highest BCUT2D eigenvalue weighted by Crippen LogP contribution is 2.31. The number of aromatic nitrogens is 5. The highest BCUT2D eigenvalue weighted by molar-refractivity contribution is 5.85. The lowest BCUT2D eigenvalue weighted by Crippen LogP contribution is -3.10. The first-order valence-corrected chi connectivity index (χ1v) is 10.9. The van der Waals surface area contributed by atoms with Gasteiger partial charge in [0.15, 0.2) is 6.04 Å². The molecular weight excluding hydrogens is 364 g/mol. The average molecular weight is 394 g/mol. The smallest absolute Gasteiger partial charge is 0.258 e. The van der Waals surface area contributed by atoms with Crippen LogP contribution in [0.1, 0.15) is 73.1 Å². The van der Waals surface area contributed by atoms with Gasteiger partial charge in [0.05, 0.1) is 30.2 Å². The van der Waals surface area contributed by atoms with Crippen LogP contribution >= 0.6 is 0 Å². The molecule has 3 aromatic rings. The van der Waals surface area contributed by atoms with Gasteiger partial charge in [-0.25, -0.2) is 4.68 Å². The van der Waals surface area contributed by atoms with Gasteiger partial charge in [0, 0.05) is 18.2 Å². The average Bonchev–Trinajstić information content (AvgIpc) is 3.47. The monoisotopic (exact) mass is 393 g/mol. The summed E-state index contributed by atoms with van der Waals surface area (Å²) in [6.45, 7) is 6.24. The Morgan fingerprint density at radius 2 is 1.83 bits per heavy atom. The molecule has 7 heteroatoms. The number of tetrazole rings is 1. The second-order valence-corrected chi connectivity index (χ2v) is 8.76. The lowest BCUT2D eigenvalue weighted by Gasteiger charge is -2.25. The van der Waals surface area contributed by atoms with Gasteiger partial charge in [-0.05, 0) is 54.3 Å². The molecule has 1 saturated carbocycles. The number of aryl methyl sites for hydroxylation is 2. The zero-order valence-electron chi connectivity index (χ0n) is 17.2. The van der Waals surface area contributed by atoms with E-state index in [9.17, 15) is 4.79 Å². The minimum atomic E-state index is -0.124. The number of likely N-dealkylation sites (tertiary alicyclic amines) is 1. The van der Waals surface area contributed by atoms with Gasteiger partial charge in [-0.3, -0.25) is 4.79 Å². The van der Waals surface area contributed by atoms with Crippen LogP contribution in [0.15, 0.2) is 23.0 Å². The standard InChI is InChI=1S/C22H28N6O/c1-14-9-10-15(2)19-17(14)13-18(22(29)23-19)20(27-11-5-6-12-27)21-24-25-26-28(21)16-7-3-4-8-16/h9-10,13,16,20H,3-8,11-12H2,1-2H3,(H,23,29)/p+1/t20-/m1/s1. The van der Waals surface area contributed by atoms with Gasteiger partial charge >= 0.3 is 0 Å². The number of fused-ring (bicyclic) bond motifs is 1. The van der Waals surface area contributed by atoms with E-state index in [0.717, 1.165) is 53.8 Å². The molecule has 1 aliphatic heterocycles. The van der Waals surface area contributed by atoms with Crippen LogP contribution < -0.4 is 10.5 Å². The van der Waals surface area contributed by atoms with E-state index in [1.807, 2.05) is 11.6 Å². The van der Waals surface area contributed by atoms with E-state index in [1.54, 1.807) is 0 Å². The Morgan fingerprint density at radius 1 is 1.10 bits per heavy atom. The van der Waals surface area contributed by atoms with Gasteiger partial charge in [-0.1, -0.05) is 25.0 Å². The fraction of sp³-hybridized carbons (Fsp3) is 0.545. The predicted molar refractivity (Wildman–Crippen MR) is 111 cm³/mol. The molecule has 0 radical (unpaired) electrons. The summed E-state index contributed by atoms with van der Waals surface area (Å²) in [5.41, 5.74) is 3.97. The molecule has 0 unspecified atom stereocenters. The quantitative estimate of drug-likeness (QED) is 0.711. The Balaban J connectivity index is 1.69. The van der Waals surface area contributed by atoms with E-state index in [0.29, 0.717) is 6.04 Å². The minimum Gasteiger partial charge on any atom is -0.322 e. The third kappa shape index (κ3) is 3.17. The Kier molecular flexibility index (Phi) is 4.70. The highest BCUT2D eigenvalue weighted by Gasteiger charge is 2.37. The summed E-state index contributed by atoms with van der Waals surface area (Å²) >= 11 is 0. The Bertz CT molecular complexity index is 1090. The zero-order chi connectivity index (χ0) is 20.0. The molecule has 7 nitrogen and oxygen atoms in total. The molecule has 152 valence electrons. The zero-order valence-corrected chi connectivity index (χ0v) is 17.2. The molecule has 0 amide bonds. The number of hydrogen-bond donors (Lipinski definition) is 2. The number of quaternary nitrogens is 1. The van der Waals surface area contributed by atoms with Crippen molar-refractivity contribution in [1.29, 1.82) is 0 Å². The van der Waals surface area contributed by atoms with Gasteiger partial charge in [-0.2, -0.15) is 0 Å². The van der Waals surface area contributed by atoms with E-state index in [1.165, 1.54) is 36.1 Å². The van der Waals surface area contributed by atoms with Crippen molar-refractivity contribution < 1.29 is 4.90 Å². The molecule has 2 aromatic heterocycles. The van der Waals surface area contributed by atoms with Crippen molar-refractivity contribution in [3.05, 3.63) is 51.1 Å². The Hall–Kier alpha value is -2.54. The SMILES string of the molecule is Cc1ccc(C)c2[nH]c(=O)c([C@H](c3nnnn3C3CCCC3)[NH+]3CCCC3)cc12. The van der Waals surface area contributed by atoms with Gasteiger partial charge in [0.1, 0.15) is 0 Å². The number of nitrogens with zero attached hydrogens (tertiary/aromatic N) is 4. The summed E-state index contributed by atoms with van der Waals surface area (Å²) in [5, 5.41) is 14.0. The summed E-state index contributed by atoms with van der Waals surface area (Å²) in [6, 6.07) is 6.52. The lowest BCUT2D eigenvalue weighted by molar-refractivity contribution is -0.914. The van der Waals surface area contributed by atoms with Crippen molar-refractivity contribution >= 4 is 10.9 Å². The third-order valence-electron chi connectivity index (χ3n) is 6.88. The van der Waals surface area contributed by atoms with E-state index in [-0.39, 0.29) is 11.6 Å². The number of nitrogens with one attached hydrogen (secondary N) is 2. The maximum absolute atomic E-state index is 13.3. The molecule has 2 aliphatic rings. The van der Waals surface area contributed by atoms with Gasteiger partial charge < -0.3 is 9.88 Å². The Labute approximate surface area is 170 Å². The highest BCUT2D eigenvalue weighted by atomic mass is 16.1. The van der Waals surface area contributed by atoms with Gasteiger partial charge in [-0.15, -0.1) is 5.10 Å². The maximum atomic E-state index is 13.3.